The minimum Gasteiger partial charge on any atom is -0.381 e. The molecule has 0 bridgehead atoms. The van der Waals surface area contributed by atoms with Crippen molar-refractivity contribution in [2.75, 3.05) is 5.32 Å². The zero-order chi connectivity index (χ0) is 9.54. The Morgan fingerprint density at radius 1 is 1.21 bits per heavy atom. The Hall–Kier alpha value is -0.500. The number of anilines is 1. The summed E-state index contributed by atoms with van der Waals surface area (Å²) in [4.78, 5) is 0. The van der Waals surface area contributed by atoms with E-state index in [0.717, 1.165) is 5.92 Å². The minimum atomic E-state index is 0.706. The Morgan fingerprint density at radius 2 is 2.07 bits per heavy atom. The summed E-state index contributed by atoms with van der Waals surface area (Å²) < 4.78 is 1.29. The predicted molar refractivity (Wildman–Crippen MR) is 62.8 cm³/mol. The van der Waals surface area contributed by atoms with Gasteiger partial charge in [0.25, 0.3) is 0 Å². The molecule has 1 aromatic carbocycles. The number of nitrogens with one attached hydrogen (secondary N) is 1. The normalized spacial score (nSPS) is 29.2. The van der Waals surface area contributed by atoms with Crippen molar-refractivity contribution >= 4 is 21.6 Å². The third kappa shape index (κ3) is 1.20. The van der Waals surface area contributed by atoms with Crippen LogP contribution in [0, 0.1) is 0 Å². The smallest absolute Gasteiger partial charge is 0.0390 e. The Morgan fingerprint density at radius 3 is 3.00 bits per heavy atom. The average Bonchev–Trinajstić information content (AvgIpc) is 2.57. The van der Waals surface area contributed by atoms with Crippen molar-refractivity contribution < 1.29 is 0 Å². The van der Waals surface area contributed by atoms with E-state index >= 15 is 0 Å². The molecule has 1 aliphatic carbocycles. The summed E-state index contributed by atoms with van der Waals surface area (Å²) in [6.45, 7) is 0. The number of benzene rings is 1. The quantitative estimate of drug-likeness (QED) is 0.738. The Balaban J connectivity index is 2.06. The van der Waals surface area contributed by atoms with E-state index < -0.39 is 0 Å². The van der Waals surface area contributed by atoms with Crippen molar-refractivity contribution in [3.8, 4) is 0 Å². The molecule has 2 atom stereocenters. The molecule has 1 aliphatic heterocycles. The molecule has 1 N–H and O–H groups in total. The molecule has 2 aliphatic rings. The van der Waals surface area contributed by atoms with Gasteiger partial charge >= 0.3 is 0 Å². The summed E-state index contributed by atoms with van der Waals surface area (Å²) in [5.74, 6) is 0.759. The van der Waals surface area contributed by atoms with Gasteiger partial charge in [0.1, 0.15) is 0 Å². The first-order chi connectivity index (χ1) is 6.86. The van der Waals surface area contributed by atoms with Gasteiger partial charge in [0.15, 0.2) is 0 Å². The highest BCUT2D eigenvalue weighted by Gasteiger charge is 2.34. The van der Waals surface area contributed by atoms with Crippen LogP contribution in [-0.2, 0) is 0 Å². The second kappa shape index (κ2) is 3.27. The first-order valence-corrected chi connectivity index (χ1v) is 6.20. The standard InChI is InChI=1S/C12H14BrN/c13-9-5-3-7-11-12(9)8-4-1-2-6-10(8)14-11/h3,5,7-8,10,14H,1-2,4,6H2. The van der Waals surface area contributed by atoms with Gasteiger partial charge in [0.2, 0.25) is 0 Å². The molecule has 1 nitrogen and oxygen atoms in total. The van der Waals surface area contributed by atoms with Gasteiger partial charge in [-0.15, -0.1) is 0 Å². The molecule has 0 aromatic heterocycles. The molecule has 0 radical (unpaired) electrons. The molecule has 0 amide bonds. The molecule has 74 valence electrons. The van der Waals surface area contributed by atoms with Crippen LogP contribution in [0.3, 0.4) is 0 Å². The molecular weight excluding hydrogens is 238 g/mol. The maximum atomic E-state index is 3.67. The van der Waals surface area contributed by atoms with E-state index in [-0.39, 0.29) is 0 Å². The van der Waals surface area contributed by atoms with Crippen LogP contribution in [0.25, 0.3) is 0 Å². The fourth-order valence-electron chi connectivity index (χ4n) is 2.89. The van der Waals surface area contributed by atoms with E-state index in [4.69, 9.17) is 0 Å². The molecule has 2 unspecified atom stereocenters. The topological polar surface area (TPSA) is 12.0 Å². The van der Waals surface area contributed by atoms with Crippen molar-refractivity contribution in [2.45, 2.75) is 37.6 Å². The highest BCUT2D eigenvalue weighted by atomic mass is 79.9. The lowest BCUT2D eigenvalue weighted by molar-refractivity contribution is 0.421. The lowest BCUT2D eigenvalue weighted by Gasteiger charge is -2.25. The zero-order valence-electron chi connectivity index (χ0n) is 8.09. The van der Waals surface area contributed by atoms with Crippen LogP contribution in [0.15, 0.2) is 22.7 Å². The van der Waals surface area contributed by atoms with E-state index in [1.807, 2.05) is 0 Å². The molecule has 0 saturated heterocycles. The fourth-order valence-corrected chi connectivity index (χ4v) is 3.55. The van der Waals surface area contributed by atoms with Gasteiger partial charge in [-0.3, -0.25) is 0 Å². The molecule has 0 spiro atoms. The molecule has 14 heavy (non-hydrogen) atoms. The van der Waals surface area contributed by atoms with Gasteiger partial charge in [0, 0.05) is 22.1 Å². The highest BCUT2D eigenvalue weighted by molar-refractivity contribution is 9.10. The van der Waals surface area contributed by atoms with E-state index in [1.54, 1.807) is 0 Å². The third-order valence-corrected chi connectivity index (χ3v) is 4.22. The van der Waals surface area contributed by atoms with Crippen LogP contribution >= 0.6 is 15.9 Å². The monoisotopic (exact) mass is 251 g/mol. The molecular formula is C12H14BrN. The first kappa shape index (κ1) is 8.78. The summed E-state index contributed by atoms with van der Waals surface area (Å²) >= 11 is 3.67. The second-order valence-corrected chi connectivity index (χ2v) is 5.20. The first-order valence-electron chi connectivity index (χ1n) is 5.41. The average molecular weight is 252 g/mol. The van der Waals surface area contributed by atoms with Crippen LogP contribution < -0.4 is 5.32 Å². The SMILES string of the molecule is Brc1cccc2c1C1CCCCC1N2. The minimum absolute atomic E-state index is 0.706. The highest BCUT2D eigenvalue weighted by Crippen LogP contribution is 2.46. The Labute approximate surface area is 93.0 Å². The van der Waals surface area contributed by atoms with Gasteiger partial charge in [-0.1, -0.05) is 34.8 Å². The lowest BCUT2D eigenvalue weighted by Crippen LogP contribution is -2.23. The van der Waals surface area contributed by atoms with Crippen LogP contribution in [0.5, 0.6) is 0 Å². The van der Waals surface area contributed by atoms with E-state index in [0.29, 0.717) is 6.04 Å². The molecule has 3 rings (SSSR count). The summed E-state index contributed by atoms with van der Waals surface area (Å²) in [5, 5.41) is 3.65. The maximum Gasteiger partial charge on any atom is 0.0390 e. The van der Waals surface area contributed by atoms with Crippen molar-refractivity contribution in [1.82, 2.24) is 0 Å². The summed E-state index contributed by atoms with van der Waals surface area (Å²) in [7, 11) is 0. The van der Waals surface area contributed by atoms with Crippen molar-refractivity contribution in [2.24, 2.45) is 0 Å². The fraction of sp³-hybridized carbons (Fsp3) is 0.500. The molecule has 1 heterocycles. The zero-order valence-corrected chi connectivity index (χ0v) is 9.68. The Bertz CT molecular complexity index is 361. The van der Waals surface area contributed by atoms with Crippen LogP contribution in [0.1, 0.15) is 37.2 Å². The van der Waals surface area contributed by atoms with Gasteiger partial charge < -0.3 is 5.32 Å². The van der Waals surface area contributed by atoms with E-state index in [2.05, 4.69) is 39.4 Å². The van der Waals surface area contributed by atoms with Crippen molar-refractivity contribution in [3.63, 3.8) is 0 Å². The largest absolute Gasteiger partial charge is 0.381 e. The van der Waals surface area contributed by atoms with Crippen molar-refractivity contribution in [1.29, 1.82) is 0 Å². The number of hydrogen-bond acceptors (Lipinski definition) is 1. The van der Waals surface area contributed by atoms with Gasteiger partial charge in [-0.25, -0.2) is 0 Å². The number of hydrogen-bond donors (Lipinski definition) is 1. The van der Waals surface area contributed by atoms with E-state index in [1.165, 1.54) is 41.4 Å². The molecule has 1 fully saturated rings. The number of fused-ring (bicyclic) bond motifs is 3. The van der Waals surface area contributed by atoms with Crippen LogP contribution in [0.2, 0.25) is 0 Å². The van der Waals surface area contributed by atoms with Gasteiger partial charge in [-0.2, -0.15) is 0 Å². The molecule has 2 heteroatoms. The second-order valence-electron chi connectivity index (χ2n) is 4.34. The Kier molecular flexibility index (Phi) is 2.05. The van der Waals surface area contributed by atoms with Gasteiger partial charge in [0.05, 0.1) is 0 Å². The van der Waals surface area contributed by atoms with E-state index in [9.17, 15) is 0 Å². The van der Waals surface area contributed by atoms with Gasteiger partial charge in [-0.05, 0) is 30.5 Å². The van der Waals surface area contributed by atoms with Crippen LogP contribution in [0.4, 0.5) is 5.69 Å². The van der Waals surface area contributed by atoms with Crippen LogP contribution in [-0.4, -0.2) is 6.04 Å². The summed E-state index contributed by atoms with van der Waals surface area (Å²) in [6, 6.07) is 7.20. The third-order valence-electron chi connectivity index (χ3n) is 3.53. The lowest BCUT2D eigenvalue weighted by atomic mass is 9.83. The predicted octanol–water partition coefficient (Wildman–Crippen LogP) is 3.90. The summed E-state index contributed by atoms with van der Waals surface area (Å²) in [5.41, 5.74) is 2.88. The molecule has 1 aromatic rings. The van der Waals surface area contributed by atoms with Crippen molar-refractivity contribution in [3.05, 3.63) is 28.2 Å². The molecule has 1 saturated carbocycles. The number of halogens is 1. The number of rotatable bonds is 0. The summed E-state index contributed by atoms with van der Waals surface area (Å²) in [6.07, 6.45) is 5.47. The maximum absolute atomic E-state index is 3.67.